The van der Waals surface area contributed by atoms with Crippen LogP contribution in [0.25, 0.3) is 20.8 Å². The van der Waals surface area contributed by atoms with E-state index >= 15 is 0 Å². The van der Waals surface area contributed by atoms with E-state index in [-0.39, 0.29) is 5.75 Å². The minimum Gasteiger partial charge on any atom is -0.406 e. The molecule has 3 nitrogen and oxygen atoms in total. The molecule has 112 valence electrons. The maximum atomic E-state index is 12.1. The number of aromatic nitrogens is 1. The van der Waals surface area contributed by atoms with E-state index in [1.807, 2.05) is 0 Å². The van der Waals surface area contributed by atoms with E-state index in [1.165, 1.54) is 35.6 Å². The van der Waals surface area contributed by atoms with Crippen molar-refractivity contribution >= 4 is 27.8 Å². The molecule has 0 N–H and O–H groups in total. The van der Waals surface area contributed by atoms with Gasteiger partial charge in [-0.15, -0.1) is 24.5 Å². The fourth-order valence-corrected chi connectivity index (χ4v) is 2.89. The minimum atomic E-state index is -4.71. The lowest BCUT2D eigenvalue weighted by Crippen LogP contribution is -2.16. The SMILES string of the molecule is O=Cc1ccc2sc(-c3ccc(OC(F)(F)F)cc3)nc2c1. The van der Waals surface area contributed by atoms with Crippen molar-refractivity contribution in [1.82, 2.24) is 4.98 Å². The summed E-state index contributed by atoms with van der Waals surface area (Å²) in [5.41, 5.74) is 1.89. The molecule has 7 heteroatoms. The fourth-order valence-electron chi connectivity index (χ4n) is 1.94. The highest BCUT2D eigenvalue weighted by atomic mass is 32.1. The van der Waals surface area contributed by atoms with E-state index in [0.717, 1.165) is 11.0 Å². The third-order valence-corrected chi connectivity index (χ3v) is 3.97. The summed E-state index contributed by atoms with van der Waals surface area (Å²) in [5.74, 6) is -0.277. The first-order valence-electron chi connectivity index (χ1n) is 6.16. The van der Waals surface area contributed by atoms with Gasteiger partial charge in [-0.3, -0.25) is 4.79 Å². The first-order valence-corrected chi connectivity index (χ1v) is 6.98. The lowest BCUT2D eigenvalue weighted by Gasteiger charge is -2.08. The highest BCUT2D eigenvalue weighted by molar-refractivity contribution is 7.21. The van der Waals surface area contributed by atoms with Crippen molar-refractivity contribution in [3.05, 3.63) is 48.0 Å². The maximum absolute atomic E-state index is 12.1. The Hall–Kier alpha value is -2.41. The highest BCUT2D eigenvalue weighted by Gasteiger charge is 2.30. The molecule has 0 spiro atoms. The van der Waals surface area contributed by atoms with Gasteiger partial charge in [0.05, 0.1) is 10.2 Å². The van der Waals surface area contributed by atoms with Crippen LogP contribution in [0.3, 0.4) is 0 Å². The van der Waals surface area contributed by atoms with Crippen LogP contribution in [0.5, 0.6) is 5.75 Å². The van der Waals surface area contributed by atoms with Gasteiger partial charge in [-0.25, -0.2) is 4.98 Å². The van der Waals surface area contributed by atoms with Crippen LogP contribution < -0.4 is 4.74 Å². The second-order valence-electron chi connectivity index (χ2n) is 4.44. The molecule has 2 aromatic carbocycles. The quantitative estimate of drug-likeness (QED) is 0.657. The van der Waals surface area contributed by atoms with Crippen LogP contribution in [0.15, 0.2) is 42.5 Å². The number of alkyl halides is 3. The van der Waals surface area contributed by atoms with E-state index in [9.17, 15) is 18.0 Å². The van der Waals surface area contributed by atoms with Crippen molar-refractivity contribution in [3.63, 3.8) is 0 Å². The normalized spacial score (nSPS) is 11.6. The van der Waals surface area contributed by atoms with Gasteiger partial charge in [0.1, 0.15) is 17.0 Å². The summed E-state index contributed by atoms with van der Waals surface area (Å²) in [6.45, 7) is 0. The maximum Gasteiger partial charge on any atom is 0.573 e. The average molecular weight is 323 g/mol. The standard InChI is InChI=1S/C15H8F3NO2S/c16-15(17,18)21-11-4-2-10(3-5-11)14-19-12-7-9(8-20)1-6-13(12)22-14/h1-8H. The van der Waals surface area contributed by atoms with Crippen molar-refractivity contribution < 1.29 is 22.7 Å². The molecule has 0 radical (unpaired) electrons. The third kappa shape index (κ3) is 3.09. The van der Waals surface area contributed by atoms with Gasteiger partial charge in [0.25, 0.3) is 0 Å². The lowest BCUT2D eigenvalue weighted by atomic mass is 10.2. The largest absolute Gasteiger partial charge is 0.573 e. The number of hydrogen-bond acceptors (Lipinski definition) is 4. The summed E-state index contributed by atoms with van der Waals surface area (Å²) in [5, 5.41) is 0.664. The van der Waals surface area contributed by atoms with Gasteiger partial charge in [-0.2, -0.15) is 0 Å². The molecule has 22 heavy (non-hydrogen) atoms. The molecule has 0 unspecified atom stereocenters. The summed E-state index contributed by atoms with van der Waals surface area (Å²) in [7, 11) is 0. The minimum absolute atomic E-state index is 0.277. The summed E-state index contributed by atoms with van der Waals surface area (Å²) < 4.78 is 41.1. The predicted octanol–water partition coefficient (Wildman–Crippen LogP) is 4.67. The van der Waals surface area contributed by atoms with E-state index in [0.29, 0.717) is 21.7 Å². The Morgan fingerprint density at radius 2 is 1.82 bits per heavy atom. The molecule has 0 aliphatic carbocycles. The molecule has 1 aromatic heterocycles. The second-order valence-corrected chi connectivity index (χ2v) is 5.47. The van der Waals surface area contributed by atoms with Crippen molar-refractivity contribution in [3.8, 4) is 16.3 Å². The number of fused-ring (bicyclic) bond motifs is 1. The van der Waals surface area contributed by atoms with Gasteiger partial charge < -0.3 is 4.74 Å². The molecule has 0 saturated heterocycles. The Morgan fingerprint density at radius 1 is 1.09 bits per heavy atom. The summed E-state index contributed by atoms with van der Waals surface area (Å²) in [4.78, 5) is 15.1. The van der Waals surface area contributed by atoms with E-state index < -0.39 is 6.36 Å². The van der Waals surface area contributed by atoms with Crippen LogP contribution in [0.1, 0.15) is 10.4 Å². The number of nitrogens with zero attached hydrogens (tertiary/aromatic N) is 1. The number of carbonyl (C=O) groups excluding carboxylic acids is 1. The first kappa shape index (κ1) is 14.5. The third-order valence-electron chi connectivity index (χ3n) is 2.88. The van der Waals surface area contributed by atoms with Gasteiger partial charge in [-0.1, -0.05) is 6.07 Å². The number of hydrogen-bond donors (Lipinski definition) is 0. The zero-order valence-electron chi connectivity index (χ0n) is 10.9. The molecule has 0 atom stereocenters. The number of thiazole rings is 1. The van der Waals surface area contributed by atoms with E-state index in [4.69, 9.17) is 0 Å². The molecule has 0 fully saturated rings. The van der Waals surface area contributed by atoms with Crippen molar-refractivity contribution in [1.29, 1.82) is 0 Å². The highest BCUT2D eigenvalue weighted by Crippen LogP contribution is 2.32. The molecule has 0 aliphatic heterocycles. The summed E-state index contributed by atoms with van der Waals surface area (Å²) >= 11 is 1.40. The Kier molecular flexibility index (Phi) is 3.58. The Bertz CT molecular complexity index is 825. The Balaban J connectivity index is 1.92. The monoisotopic (exact) mass is 323 g/mol. The number of rotatable bonds is 3. The zero-order valence-corrected chi connectivity index (χ0v) is 11.7. The number of halogens is 3. The van der Waals surface area contributed by atoms with Gasteiger partial charge >= 0.3 is 6.36 Å². The average Bonchev–Trinajstić information content (AvgIpc) is 2.89. The first-order chi connectivity index (χ1) is 10.4. The van der Waals surface area contributed by atoms with Gasteiger partial charge in [0.15, 0.2) is 0 Å². The summed E-state index contributed by atoms with van der Waals surface area (Å²) in [6, 6.07) is 10.7. The topological polar surface area (TPSA) is 39.2 Å². The molecule has 0 aliphatic rings. The molecule has 3 aromatic rings. The second kappa shape index (κ2) is 5.42. The Labute approximate surface area is 127 Å². The van der Waals surface area contributed by atoms with Crippen molar-refractivity contribution in [2.45, 2.75) is 6.36 Å². The zero-order chi connectivity index (χ0) is 15.7. The predicted molar refractivity (Wildman–Crippen MR) is 77.1 cm³/mol. The van der Waals surface area contributed by atoms with Crippen LogP contribution >= 0.6 is 11.3 Å². The molecule has 1 heterocycles. The number of carbonyl (C=O) groups is 1. The smallest absolute Gasteiger partial charge is 0.406 e. The number of ether oxygens (including phenoxy) is 1. The molecule has 3 rings (SSSR count). The van der Waals surface area contributed by atoms with Crippen LogP contribution in [0.2, 0.25) is 0 Å². The van der Waals surface area contributed by atoms with Crippen LogP contribution in [0.4, 0.5) is 13.2 Å². The van der Waals surface area contributed by atoms with Crippen LogP contribution in [-0.2, 0) is 0 Å². The molecular formula is C15H8F3NO2S. The molecular weight excluding hydrogens is 315 g/mol. The summed E-state index contributed by atoms with van der Waals surface area (Å²) in [6.07, 6.45) is -3.97. The van der Waals surface area contributed by atoms with Crippen LogP contribution in [0, 0.1) is 0 Å². The van der Waals surface area contributed by atoms with Crippen molar-refractivity contribution in [2.24, 2.45) is 0 Å². The Morgan fingerprint density at radius 3 is 2.45 bits per heavy atom. The van der Waals surface area contributed by atoms with E-state index in [1.54, 1.807) is 18.2 Å². The molecule has 0 saturated carbocycles. The number of benzene rings is 2. The number of aldehydes is 1. The van der Waals surface area contributed by atoms with Gasteiger partial charge in [0.2, 0.25) is 0 Å². The van der Waals surface area contributed by atoms with Crippen molar-refractivity contribution in [2.75, 3.05) is 0 Å². The van der Waals surface area contributed by atoms with Gasteiger partial charge in [0, 0.05) is 11.1 Å². The molecule has 0 amide bonds. The molecule has 0 bridgehead atoms. The fraction of sp³-hybridized carbons (Fsp3) is 0.0667. The van der Waals surface area contributed by atoms with Gasteiger partial charge in [-0.05, 0) is 36.4 Å². The van der Waals surface area contributed by atoms with E-state index in [2.05, 4.69) is 9.72 Å². The van der Waals surface area contributed by atoms with Crippen LogP contribution in [-0.4, -0.2) is 17.6 Å². The lowest BCUT2D eigenvalue weighted by molar-refractivity contribution is -0.274.